The van der Waals surface area contributed by atoms with Crippen LogP contribution in [0.3, 0.4) is 0 Å². The van der Waals surface area contributed by atoms with E-state index in [1.54, 1.807) is 0 Å². The number of alkyl halides is 1. The first-order valence-electron chi connectivity index (χ1n) is 13.1. The second-order valence-corrected chi connectivity index (χ2v) is 12.9. The first kappa shape index (κ1) is 22.9. The fourth-order valence-corrected chi connectivity index (χ4v) is 9.36. The van der Waals surface area contributed by atoms with Gasteiger partial charge < -0.3 is 5.32 Å². The normalized spacial score (nSPS) is 46.7. The molecule has 1 unspecified atom stereocenters. The van der Waals surface area contributed by atoms with Crippen molar-refractivity contribution in [2.24, 2.45) is 52.3 Å². The van der Waals surface area contributed by atoms with Crippen LogP contribution < -0.4 is 5.32 Å². The lowest BCUT2D eigenvalue weighted by Crippen LogP contribution is -2.63. The summed E-state index contributed by atoms with van der Waals surface area (Å²) in [6, 6.07) is 0.347. The van der Waals surface area contributed by atoms with Gasteiger partial charge in [0, 0.05) is 18.3 Å². The van der Waals surface area contributed by atoms with Crippen molar-refractivity contribution in [2.75, 3.05) is 5.88 Å². The molecule has 0 radical (unpaired) electrons. The van der Waals surface area contributed by atoms with Crippen molar-refractivity contribution in [1.29, 1.82) is 0 Å². The zero-order valence-electron chi connectivity index (χ0n) is 20.2. The Morgan fingerprint density at radius 3 is 2.47 bits per heavy atom. The standard InChI is InChI=1S/C27H46ClNO/c1-17(2)7-6-8-18(3)20-9-10-21-25-19(16-28)15-23-27(5,14-12-24(30)29-23)22(25)11-13-26(20,21)4/h17-23,25H,6-16H2,1-5H3,(H,29,30)/t18-,19?,20-,21+,22+,23-,25+,26-,27-/m1/s1. The Morgan fingerprint density at radius 1 is 1.03 bits per heavy atom. The third kappa shape index (κ3) is 3.75. The van der Waals surface area contributed by atoms with Gasteiger partial charge in [-0.25, -0.2) is 0 Å². The Morgan fingerprint density at radius 2 is 1.77 bits per heavy atom. The van der Waals surface area contributed by atoms with Gasteiger partial charge in [0.15, 0.2) is 0 Å². The fourth-order valence-electron chi connectivity index (χ4n) is 9.03. The highest BCUT2D eigenvalue weighted by atomic mass is 35.5. The second kappa shape index (κ2) is 8.60. The molecule has 30 heavy (non-hydrogen) atoms. The van der Waals surface area contributed by atoms with Crippen LogP contribution in [-0.2, 0) is 4.79 Å². The van der Waals surface area contributed by atoms with E-state index in [0.29, 0.717) is 17.4 Å². The fraction of sp³-hybridized carbons (Fsp3) is 0.963. The van der Waals surface area contributed by atoms with E-state index in [1.807, 2.05) is 0 Å². The Hall–Kier alpha value is -0.240. The van der Waals surface area contributed by atoms with Gasteiger partial charge in [-0.3, -0.25) is 4.79 Å². The molecule has 0 bridgehead atoms. The van der Waals surface area contributed by atoms with Crippen LogP contribution in [0.15, 0.2) is 0 Å². The lowest BCUT2D eigenvalue weighted by molar-refractivity contribution is -0.144. The summed E-state index contributed by atoms with van der Waals surface area (Å²) in [5.41, 5.74) is 0.785. The molecule has 9 atom stereocenters. The van der Waals surface area contributed by atoms with Crippen LogP contribution in [0.4, 0.5) is 0 Å². The SMILES string of the molecule is CC(C)CCC[C@@H](C)[C@H]1CC[C@H]2[C@@H]3C(CCl)C[C@H]4NC(=O)CC[C@]4(C)[C@H]3CC[C@]12C. The highest BCUT2D eigenvalue weighted by Gasteiger charge is 2.62. The predicted octanol–water partition coefficient (Wildman–Crippen LogP) is 7.05. The van der Waals surface area contributed by atoms with Crippen molar-refractivity contribution in [3.63, 3.8) is 0 Å². The molecule has 0 aromatic carbocycles. The van der Waals surface area contributed by atoms with Gasteiger partial charge in [0.1, 0.15) is 0 Å². The first-order valence-corrected chi connectivity index (χ1v) is 13.6. The molecule has 1 saturated heterocycles. The molecule has 1 heterocycles. The summed E-state index contributed by atoms with van der Waals surface area (Å²) in [7, 11) is 0. The van der Waals surface area contributed by atoms with E-state index >= 15 is 0 Å². The van der Waals surface area contributed by atoms with Gasteiger partial charge in [0.25, 0.3) is 0 Å². The largest absolute Gasteiger partial charge is 0.353 e. The smallest absolute Gasteiger partial charge is 0.220 e. The molecular formula is C27H46ClNO. The van der Waals surface area contributed by atoms with E-state index < -0.39 is 0 Å². The molecule has 1 amide bonds. The molecule has 1 N–H and O–H groups in total. The Balaban J connectivity index is 1.54. The Bertz CT molecular complexity index is 634. The minimum Gasteiger partial charge on any atom is -0.353 e. The Labute approximate surface area is 190 Å². The summed E-state index contributed by atoms with van der Waals surface area (Å²) >= 11 is 6.63. The summed E-state index contributed by atoms with van der Waals surface area (Å²) in [5.74, 6) is 6.54. The molecule has 0 aromatic heterocycles. The second-order valence-electron chi connectivity index (χ2n) is 12.6. The molecule has 0 spiro atoms. The topological polar surface area (TPSA) is 29.1 Å². The van der Waals surface area contributed by atoms with E-state index in [1.165, 1.54) is 44.9 Å². The molecule has 0 aromatic rings. The minimum atomic E-state index is 0.265. The lowest BCUT2D eigenvalue weighted by Gasteiger charge is -2.62. The van der Waals surface area contributed by atoms with Crippen LogP contribution >= 0.6 is 11.6 Å². The van der Waals surface area contributed by atoms with Gasteiger partial charge in [-0.05, 0) is 90.8 Å². The zero-order chi connectivity index (χ0) is 21.7. The van der Waals surface area contributed by atoms with Crippen LogP contribution in [0, 0.1) is 52.3 Å². The van der Waals surface area contributed by atoms with Crippen molar-refractivity contribution < 1.29 is 4.79 Å². The number of amides is 1. The van der Waals surface area contributed by atoms with Gasteiger partial charge in [-0.15, -0.1) is 11.6 Å². The Kier molecular flexibility index (Phi) is 6.58. The molecule has 4 fully saturated rings. The number of hydrogen-bond donors (Lipinski definition) is 1. The summed E-state index contributed by atoms with van der Waals surface area (Å²) in [4.78, 5) is 12.2. The third-order valence-corrected chi connectivity index (χ3v) is 11.1. The molecule has 4 aliphatic rings. The van der Waals surface area contributed by atoms with Crippen molar-refractivity contribution in [3.8, 4) is 0 Å². The molecule has 2 nitrogen and oxygen atoms in total. The maximum absolute atomic E-state index is 12.2. The number of fused-ring (bicyclic) bond motifs is 5. The summed E-state index contributed by atoms with van der Waals surface area (Å²) in [5, 5.41) is 3.39. The molecule has 172 valence electrons. The number of carbonyl (C=O) groups excluding carboxylic acids is 1. The number of nitrogens with one attached hydrogen (secondary N) is 1. The maximum Gasteiger partial charge on any atom is 0.220 e. The molecule has 3 heteroatoms. The van der Waals surface area contributed by atoms with Gasteiger partial charge in [0.05, 0.1) is 0 Å². The average molecular weight is 436 g/mol. The van der Waals surface area contributed by atoms with Gasteiger partial charge in [-0.1, -0.05) is 53.9 Å². The van der Waals surface area contributed by atoms with Crippen molar-refractivity contribution >= 4 is 17.5 Å². The maximum atomic E-state index is 12.2. The van der Waals surface area contributed by atoms with E-state index in [4.69, 9.17) is 11.6 Å². The van der Waals surface area contributed by atoms with Gasteiger partial charge in [-0.2, -0.15) is 0 Å². The highest BCUT2D eigenvalue weighted by molar-refractivity contribution is 6.18. The lowest BCUT2D eigenvalue weighted by atomic mass is 9.44. The minimum absolute atomic E-state index is 0.265. The number of rotatable bonds is 6. The number of hydrogen-bond acceptors (Lipinski definition) is 1. The van der Waals surface area contributed by atoms with Crippen molar-refractivity contribution in [1.82, 2.24) is 5.32 Å². The predicted molar refractivity (Wildman–Crippen MR) is 126 cm³/mol. The number of halogens is 1. The number of piperidine rings is 1. The zero-order valence-corrected chi connectivity index (χ0v) is 20.9. The quantitative estimate of drug-likeness (QED) is 0.445. The number of carbonyl (C=O) groups is 1. The summed E-state index contributed by atoms with van der Waals surface area (Å²) < 4.78 is 0. The van der Waals surface area contributed by atoms with E-state index in [0.717, 1.165) is 60.6 Å². The highest BCUT2D eigenvalue weighted by Crippen LogP contribution is 2.67. The summed E-state index contributed by atoms with van der Waals surface area (Å²) in [6.07, 6.45) is 12.7. The van der Waals surface area contributed by atoms with Crippen LogP contribution in [0.1, 0.15) is 98.8 Å². The molecule has 4 rings (SSSR count). The van der Waals surface area contributed by atoms with Crippen LogP contribution in [0.2, 0.25) is 0 Å². The molecule has 3 aliphatic carbocycles. The average Bonchev–Trinajstić information content (AvgIpc) is 3.05. The van der Waals surface area contributed by atoms with Crippen molar-refractivity contribution in [2.45, 2.75) is 105 Å². The van der Waals surface area contributed by atoms with Crippen LogP contribution in [0.5, 0.6) is 0 Å². The van der Waals surface area contributed by atoms with Gasteiger partial charge in [0.2, 0.25) is 5.91 Å². The van der Waals surface area contributed by atoms with E-state index in [-0.39, 0.29) is 11.3 Å². The molecule has 3 saturated carbocycles. The third-order valence-electron chi connectivity index (χ3n) is 10.7. The van der Waals surface area contributed by atoms with E-state index in [2.05, 4.69) is 39.9 Å². The van der Waals surface area contributed by atoms with E-state index in [9.17, 15) is 4.79 Å². The van der Waals surface area contributed by atoms with Crippen molar-refractivity contribution in [3.05, 3.63) is 0 Å². The van der Waals surface area contributed by atoms with Crippen LogP contribution in [-0.4, -0.2) is 17.8 Å². The monoisotopic (exact) mass is 435 g/mol. The summed E-state index contributed by atoms with van der Waals surface area (Å²) in [6.45, 7) is 12.4. The molecular weight excluding hydrogens is 390 g/mol. The van der Waals surface area contributed by atoms with Crippen LogP contribution in [0.25, 0.3) is 0 Å². The van der Waals surface area contributed by atoms with Gasteiger partial charge >= 0.3 is 0 Å². The first-order chi connectivity index (χ1) is 14.2. The molecule has 1 aliphatic heterocycles.